The standard InChI is InChI=1S/C19H34O3/c1-3-4-12-15-18(20)16-13-10-8-6-5-7-9-11-14-17-19(21)22-2/h8,10,13,16,18,20H,3-7,9,11-12,14-15,17H2,1-2H3/b10-8+,16-13+. The summed E-state index contributed by atoms with van der Waals surface area (Å²) in [4.78, 5) is 10.9. The van der Waals surface area contributed by atoms with Crippen LogP contribution in [0.2, 0.25) is 0 Å². The first-order valence-electron chi connectivity index (χ1n) is 8.79. The molecule has 0 radical (unpaired) electrons. The van der Waals surface area contributed by atoms with Crippen molar-refractivity contribution in [2.45, 2.75) is 83.7 Å². The highest BCUT2D eigenvalue weighted by molar-refractivity contribution is 5.68. The van der Waals surface area contributed by atoms with E-state index in [1.807, 2.05) is 18.2 Å². The normalized spacial score (nSPS) is 13.0. The lowest BCUT2D eigenvalue weighted by atomic mass is 10.1. The summed E-state index contributed by atoms with van der Waals surface area (Å²) in [7, 11) is 1.44. The fraction of sp³-hybridized carbons (Fsp3) is 0.737. The van der Waals surface area contributed by atoms with Gasteiger partial charge in [0.1, 0.15) is 0 Å². The van der Waals surface area contributed by atoms with Crippen LogP contribution in [-0.4, -0.2) is 24.3 Å². The van der Waals surface area contributed by atoms with Gasteiger partial charge in [-0.3, -0.25) is 4.79 Å². The van der Waals surface area contributed by atoms with E-state index in [2.05, 4.69) is 17.7 Å². The quantitative estimate of drug-likeness (QED) is 0.281. The second-order valence-electron chi connectivity index (χ2n) is 5.76. The summed E-state index contributed by atoms with van der Waals surface area (Å²) in [5.41, 5.74) is 0. The number of rotatable bonds is 14. The number of hydrogen-bond donors (Lipinski definition) is 1. The van der Waals surface area contributed by atoms with Crippen LogP contribution in [0.15, 0.2) is 24.3 Å². The third-order valence-electron chi connectivity index (χ3n) is 3.66. The number of hydrogen-bond acceptors (Lipinski definition) is 3. The van der Waals surface area contributed by atoms with Crippen LogP contribution >= 0.6 is 0 Å². The van der Waals surface area contributed by atoms with Crippen LogP contribution in [0.5, 0.6) is 0 Å². The Morgan fingerprint density at radius 2 is 1.77 bits per heavy atom. The number of allylic oxidation sites excluding steroid dienone is 3. The van der Waals surface area contributed by atoms with Gasteiger partial charge < -0.3 is 9.84 Å². The lowest BCUT2D eigenvalue weighted by Gasteiger charge is -2.03. The van der Waals surface area contributed by atoms with Gasteiger partial charge in [-0.05, 0) is 25.7 Å². The molecule has 0 aromatic rings. The molecule has 128 valence electrons. The Labute approximate surface area is 136 Å². The summed E-state index contributed by atoms with van der Waals surface area (Å²) < 4.78 is 4.60. The Kier molecular flexibility index (Phi) is 15.5. The Morgan fingerprint density at radius 3 is 2.50 bits per heavy atom. The van der Waals surface area contributed by atoms with Crippen LogP contribution in [0, 0.1) is 0 Å². The van der Waals surface area contributed by atoms with Gasteiger partial charge in [0.2, 0.25) is 0 Å². The van der Waals surface area contributed by atoms with Gasteiger partial charge >= 0.3 is 5.97 Å². The summed E-state index contributed by atoms with van der Waals surface area (Å²) in [5.74, 6) is -0.105. The highest BCUT2D eigenvalue weighted by atomic mass is 16.5. The van der Waals surface area contributed by atoms with Gasteiger partial charge in [0.25, 0.3) is 0 Å². The molecule has 0 heterocycles. The van der Waals surface area contributed by atoms with Gasteiger partial charge in [-0.25, -0.2) is 0 Å². The average Bonchev–Trinajstić information content (AvgIpc) is 2.52. The van der Waals surface area contributed by atoms with Crippen molar-refractivity contribution in [3.63, 3.8) is 0 Å². The van der Waals surface area contributed by atoms with Crippen LogP contribution in [0.25, 0.3) is 0 Å². The van der Waals surface area contributed by atoms with E-state index in [1.165, 1.54) is 39.2 Å². The van der Waals surface area contributed by atoms with E-state index in [1.54, 1.807) is 0 Å². The minimum absolute atomic E-state index is 0.105. The molecule has 0 aromatic heterocycles. The van der Waals surface area contributed by atoms with E-state index < -0.39 is 0 Å². The molecule has 3 nitrogen and oxygen atoms in total. The molecule has 0 saturated carbocycles. The zero-order chi connectivity index (χ0) is 16.5. The van der Waals surface area contributed by atoms with E-state index in [9.17, 15) is 9.90 Å². The van der Waals surface area contributed by atoms with Gasteiger partial charge in [-0.15, -0.1) is 0 Å². The maximum atomic E-state index is 10.9. The van der Waals surface area contributed by atoms with Crippen LogP contribution < -0.4 is 0 Å². The van der Waals surface area contributed by atoms with Crippen LogP contribution in [0.1, 0.15) is 77.6 Å². The summed E-state index contributed by atoms with van der Waals surface area (Å²) in [6.45, 7) is 2.17. The monoisotopic (exact) mass is 310 g/mol. The molecule has 0 saturated heterocycles. The number of ether oxygens (including phenoxy) is 1. The minimum atomic E-state index is -0.300. The summed E-state index contributed by atoms with van der Waals surface area (Å²) >= 11 is 0. The fourth-order valence-corrected chi connectivity index (χ4v) is 2.23. The van der Waals surface area contributed by atoms with Crippen molar-refractivity contribution in [3.8, 4) is 0 Å². The molecule has 0 rings (SSSR count). The number of unbranched alkanes of at least 4 members (excludes halogenated alkanes) is 7. The van der Waals surface area contributed by atoms with E-state index in [4.69, 9.17) is 0 Å². The molecular formula is C19H34O3. The topological polar surface area (TPSA) is 46.5 Å². The third-order valence-corrected chi connectivity index (χ3v) is 3.66. The summed E-state index contributed by atoms with van der Waals surface area (Å²) in [5, 5.41) is 9.70. The van der Waals surface area contributed by atoms with Crippen molar-refractivity contribution < 1.29 is 14.6 Å². The molecule has 1 N–H and O–H groups in total. The third kappa shape index (κ3) is 15.3. The van der Waals surface area contributed by atoms with Gasteiger partial charge in [0, 0.05) is 6.42 Å². The maximum absolute atomic E-state index is 10.9. The Hall–Kier alpha value is -1.09. The van der Waals surface area contributed by atoms with E-state index in [0.29, 0.717) is 6.42 Å². The minimum Gasteiger partial charge on any atom is -0.469 e. The Morgan fingerprint density at radius 1 is 1.05 bits per heavy atom. The SMILES string of the molecule is CCCCCC(O)/C=C/C=C/CCCCCCCC(=O)OC. The number of carbonyl (C=O) groups is 1. The predicted octanol–water partition coefficient (Wildman–Crippen LogP) is 4.94. The molecule has 22 heavy (non-hydrogen) atoms. The molecule has 0 amide bonds. The molecule has 1 unspecified atom stereocenters. The van der Waals surface area contributed by atoms with Crippen molar-refractivity contribution in [2.75, 3.05) is 7.11 Å². The van der Waals surface area contributed by atoms with E-state index >= 15 is 0 Å². The molecule has 0 aliphatic rings. The molecule has 3 heteroatoms. The van der Waals surface area contributed by atoms with Crippen molar-refractivity contribution in [1.29, 1.82) is 0 Å². The number of aliphatic hydroxyl groups excluding tert-OH is 1. The zero-order valence-electron chi connectivity index (χ0n) is 14.4. The van der Waals surface area contributed by atoms with Crippen molar-refractivity contribution in [2.24, 2.45) is 0 Å². The second-order valence-corrected chi connectivity index (χ2v) is 5.76. The van der Waals surface area contributed by atoms with Gasteiger partial charge in [0.05, 0.1) is 13.2 Å². The lowest BCUT2D eigenvalue weighted by molar-refractivity contribution is -0.140. The number of aliphatic hydroxyl groups is 1. The summed E-state index contributed by atoms with van der Waals surface area (Å²) in [6.07, 6.45) is 19.3. The van der Waals surface area contributed by atoms with E-state index in [0.717, 1.165) is 32.1 Å². The largest absolute Gasteiger partial charge is 0.469 e. The fourth-order valence-electron chi connectivity index (χ4n) is 2.23. The van der Waals surface area contributed by atoms with Crippen LogP contribution in [-0.2, 0) is 9.53 Å². The number of methoxy groups -OCH3 is 1. The van der Waals surface area contributed by atoms with Crippen molar-refractivity contribution in [3.05, 3.63) is 24.3 Å². The smallest absolute Gasteiger partial charge is 0.305 e. The highest BCUT2D eigenvalue weighted by Crippen LogP contribution is 2.08. The van der Waals surface area contributed by atoms with Crippen molar-refractivity contribution >= 4 is 5.97 Å². The Bertz CT molecular complexity index is 308. The first-order valence-corrected chi connectivity index (χ1v) is 8.79. The van der Waals surface area contributed by atoms with E-state index in [-0.39, 0.29) is 12.1 Å². The van der Waals surface area contributed by atoms with Crippen LogP contribution in [0.3, 0.4) is 0 Å². The molecule has 0 fully saturated rings. The first kappa shape index (κ1) is 20.9. The molecule has 0 spiro atoms. The first-order chi connectivity index (χ1) is 10.7. The van der Waals surface area contributed by atoms with Gasteiger partial charge in [-0.1, -0.05) is 69.8 Å². The van der Waals surface area contributed by atoms with Crippen molar-refractivity contribution in [1.82, 2.24) is 0 Å². The van der Waals surface area contributed by atoms with Crippen LogP contribution in [0.4, 0.5) is 0 Å². The highest BCUT2D eigenvalue weighted by Gasteiger charge is 1.98. The molecule has 0 aliphatic carbocycles. The molecule has 1 atom stereocenters. The average molecular weight is 310 g/mol. The lowest BCUT2D eigenvalue weighted by Crippen LogP contribution is -2.00. The zero-order valence-corrected chi connectivity index (χ0v) is 14.4. The van der Waals surface area contributed by atoms with Gasteiger partial charge in [0.15, 0.2) is 0 Å². The molecule has 0 aliphatic heterocycles. The van der Waals surface area contributed by atoms with Gasteiger partial charge in [-0.2, -0.15) is 0 Å². The Balaban J connectivity index is 3.38. The number of carbonyl (C=O) groups excluding carboxylic acids is 1. The molecule has 0 aromatic carbocycles. The summed E-state index contributed by atoms with van der Waals surface area (Å²) in [6, 6.07) is 0. The number of esters is 1. The second kappa shape index (κ2) is 16.3. The molecule has 0 bridgehead atoms. The molecular weight excluding hydrogens is 276 g/mol. The maximum Gasteiger partial charge on any atom is 0.305 e. The predicted molar refractivity (Wildman–Crippen MR) is 92.8 cm³/mol.